The number of hydrogen-bond donors (Lipinski definition) is 0. The van der Waals surface area contributed by atoms with Crippen molar-refractivity contribution in [1.82, 2.24) is 4.98 Å². The molecule has 0 fully saturated rings. The van der Waals surface area contributed by atoms with Crippen LogP contribution in [0.4, 0.5) is 4.39 Å². The number of benzene rings is 1. The van der Waals surface area contributed by atoms with Gasteiger partial charge in [0.2, 0.25) is 0 Å². The molecule has 1 aromatic heterocycles. The lowest BCUT2D eigenvalue weighted by atomic mass is 10.2. The van der Waals surface area contributed by atoms with Gasteiger partial charge in [0.1, 0.15) is 11.6 Å². The Kier molecular flexibility index (Phi) is 3.97. The van der Waals surface area contributed by atoms with E-state index < -0.39 is 5.82 Å². The van der Waals surface area contributed by atoms with Crippen molar-refractivity contribution >= 4 is 22.9 Å². The Hall–Kier alpha value is -1.13. The number of ether oxygens (including phenoxy) is 1. The molecule has 0 spiro atoms. The molecule has 0 saturated carbocycles. The smallest absolute Gasteiger partial charge is 0.165 e. The van der Waals surface area contributed by atoms with Crippen molar-refractivity contribution in [2.24, 2.45) is 0 Å². The molecule has 0 amide bonds. The second-order valence-corrected chi connectivity index (χ2v) is 4.78. The Balaban J connectivity index is 2.04. The van der Waals surface area contributed by atoms with Crippen LogP contribution in [0.15, 0.2) is 23.6 Å². The van der Waals surface area contributed by atoms with Gasteiger partial charge in [-0.05, 0) is 24.6 Å². The van der Waals surface area contributed by atoms with E-state index in [4.69, 9.17) is 16.3 Å². The van der Waals surface area contributed by atoms with Crippen LogP contribution in [-0.4, -0.2) is 4.98 Å². The molecule has 2 aromatic rings. The lowest BCUT2D eigenvalue weighted by Crippen LogP contribution is -1.97. The van der Waals surface area contributed by atoms with E-state index in [0.717, 1.165) is 16.3 Å². The molecule has 2 rings (SSSR count). The van der Waals surface area contributed by atoms with Crippen LogP contribution in [0.25, 0.3) is 0 Å². The van der Waals surface area contributed by atoms with E-state index in [1.165, 1.54) is 17.4 Å². The zero-order chi connectivity index (χ0) is 12.3. The summed E-state index contributed by atoms with van der Waals surface area (Å²) in [6, 6.07) is 4.72. The summed E-state index contributed by atoms with van der Waals surface area (Å²) in [6.07, 6.45) is 0. The molecule has 5 heteroatoms. The molecule has 0 unspecified atom stereocenters. The SMILES string of the molecule is Cc1csc(COc2ccc(CCl)cc2F)n1. The van der Waals surface area contributed by atoms with Gasteiger partial charge in [-0.25, -0.2) is 9.37 Å². The molecule has 90 valence electrons. The van der Waals surface area contributed by atoms with Crippen molar-refractivity contribution in [3.63, 3.8) is 0 Å². The fourth-order valence-electron chi connectivity index (χ4n) is 1.35. The third kappa shape index (κ3) is 3.17. The maximum atomic E-state index is 13.5. The zero-order valence-corrected chi connectivity index (χ0v) is 10.8. The summed E-state index contributed by atoms with van der Waals surface area (Å²) >= 11 is 7.11. The van der Waals surface area contributed by atoms with E-state index in [9.17, 15) is 4.39 Å². The Morgan fingerprint density at radius 2 is 2.29 bits per heavy atom. The van der Waals surface area contributed by atoms with Gasteiger partial charge in [-0.15, -0.1) is 22.9 Å². The highest BCUT2D eigenvalue weighted by molar-refractivity contribution is 7.09. The fourth-order valence-corrected chi connectivity index (χ4v) is 2.20. The molecule has 0 bridgehead atoms. The Morgan fingerprint density at radius 1 is 1.47 bits per heavy atom. The average Bonchev–Trinajstić information content (AvgIpc) is 2.73. The minimum atomic E-state index is -0.392. The number of hydrogen-bond acceptors (Lipinski definition) is 3. The van der Waals surface area contributed by atoms with Crippen molar-refractivity contribution in [2.75, 3.05) is 0 Å². The lowest BCUT2D eigenvalue weighted by molar-refractivity contribution is 0.289. The van der Waals surface area contributed by atoms with Gasteiger partial charge < -0.3 is 4.74 Å². The second-order valence-electron chi connectivity index (χ2n) is 3.57. The predicted octanol–water partition coefficient (Wildman–Crippen LogP) is 3.91. The van der Waals surface area contributed by atoms with Crippen LogP contribution < -0.4 is 4.74 Å². The molecule has 0 aliphatic carbocycles. The number of aryl methyl sites for hydroxylation is 1. The molecule has 1 aromatic carbocycles. The predicted molar refractivity (Wildman–Crippen MR) is 67.1 cm³/mol. The van der Waals surface area contributed by atoms with Gasteiger partial charge in [-0.2, -0.15) is 0 Å². The maximum absolute atomic E-state index is 13.5. The standard InChI is InChI=1S/C12H11ClFNOS/c1-8-7-17-12(15-8)6-16-11-3-2-9(5-13)4-10(11)14/h2-4,7H,5-6H2,1H3. The first-order valence-electron chi connectivity index (χ1n) is 5.07. The number of alkyl halides is 1. The van der Waals surface area contributed by atoms with Gasteiger partial charge in [0, 0.05) is 17.0 Å². The van der Waals surface area contributed by atoms with Gasteiger partial charge in [0.15, 0.2) is 11.6 Å². The Bertz CT molecular complexity index is 515. The summed E-state index contributed by atoms with van der Waals surface area (Å²) in [5, 5.41) is 2.77. The summed E-state index contributed by atoms with van der Waals surface area (Å²) in [5.74, 6) is 0.131. The highest BCUT2D eigenvalue weighted by Crippen LogP contribution is 2.21. The first-order chi connectivity index (χ1) is 8.19. The second kappa shape index (κ2) is 5.47. The maximum Gasteiger partial charge on any atom is 0.165 e. The molecule has 2 nitrogen and oxygen atoms in total. The van der Waals surface area contributed by atoms with E-state index in [-0.39, 0.29) is 12.4 Å². The van der Waals surface area contributed by atoms with E-state index in [0.29, 0.717) is 5.88 Å². The third-order valence-corrected chi connectivity index (χ3v) is 3.42. The van der Waals surface area contributed by atoms with Crippen LogP contribution in [0.2, 0.25) is 0 Å². The van der Waals surface area contributed by atoms with Crippen molar-refractivity contribution in [3.8, 4) is 5.75 Å². The van der Waals surface area contributed by atoms with E-state index in [2.05, 4.69) is 4.98 Å². The molecule has 17 heavy (non-hydrogen) atoms. The minimum Gasteiger partial charge on any atom is -0.483 e. The third-order valence-electron chi connectivity index (χ3n) is 2.17. The molecule has 0 radical (unpaired) electrons. The monoisotopic (exact) mass is 271 g/mol. The molecule has 0 saturated heterocycles. The van der Waals surface area contributed by atoms with Crippen molar-refractivity contribution in [3.05, 3.63) is 45.7 Å². The Morgan fingerprint density at radius 3 is 2.88 bits per heavy atom. The van der Waals surface area contributed by atoms with Crippen LogP contribution >= 0.6 is 22.9 Å². The molecular weight excluding hydrogens is 261 g/mol. The minimum absolute atomic E-state index is 0.228. The summed E-state index contributed by atoms with van der Waals surface area (Å²) in [4.78, 5) is 4.24. The Labute approximate surface area is 108 Å². The molecule has 0 aliphatic rings. The van der Waals surface area contributed by atoms with Crippen LogP contribution in [0.5, 0.6) is 5.75 Å². The van der Waals surface area contributed by atoms with Gasteiger partial charge >= 0.3 is 0 Å². The first-order valence-corrected chi connectivity index (χ1v) is 6.48. The summed E-state index contributed by atoms with van der Waals surface area (Å²) in [5.41, 5.74) is 1.69. The van der Waals surface area contributed by atoms with E-state index in [1.807, 2.05) is 12.3 Å². The zero-order valence-electron chi connectivity index (χ0n) is 9.24. The number of halogens is 2. The van der Waals surface area contributed by atoms with Gasteiger partial charge in [0.25, 0.3) is 0 Å². The van der Waals surface area contributed by atoms with Crippen molar-refractivity contribution < 1.29 is 9.13 Å². The number of rotatable bonds is 4. The quantitative estimate of drug-likeness (QED) is 0.787. The summed E-state index contributed by atoms with van der Waals surface area (Å²) < 4.78 is 18.9. The first kappa shape index (κ1) is 12.3. The van der Waals surface area contributed by atoms with Gasteiger partial charge in [0.05, 0.1) is 0 Å². The molecule has 1 heterocycles. The molecule has 0 N–H and O–H groups in total. The van der Waals surface area contributed by atoms with Gasteiger partial charge in [-0.3, -0.25) is 0 Å². The lowest BCUT2D eigenvalue weighted by Gasteiger charge is -2.06. The number of thiazole rings is 1. The van der Waals surface area contributed by atoms with Crippen molar-refractivity contribution in [2.45, 2.75) is 19.4 Å². The summed E-state index contributed by atoms with van der Waals surface area (Å²) in [7, 11) is 0. The van der Waals surface area contributed by atoms with Crippen LogP contribution in [-0.2, 0) is 12.5 Å². The summed E-state index contributed by atoms with van der Waals surface area (Å²) in [6.45, 7) is 2.20. The topological polar surface area (TPSA) is 22.1 Å². The highest BCUT2D eigenvalue weighted by Gasteiger charge is 2.06. The fraction of sp³-hybridized carbons (Fsp3) is 0.250. The average molecular weight is 272 g/mol. The molecular formula is C12H11ClFNOS. The van der Waals surface area contributed by atoms with Gasteiger partial charge in [-0.1, -0.05) is 6.07 Å². The van der Waals surface area contributed by atoms with Crippen molar-refractivity contribution in [1.29, 1.82) is 0 Å². The molecule has 0 atom stereocenters. The highest BCUT2D eigenvalue weighted by atomic mass is 35.5. The van der Waals surface area contributed by atoms with Crippen LogP contribution in [0, 0.1) is 12.7 Å². The molecule has 0 aliphatic heterocycles. The number of nitrogens with zero attached hydrogens (tertiary/aromatic N) is 1. The largest absolute Gasteiger partial charge is 0.483 e. The van der Waals surface area contributed by atoms with E-state index >= 15 is 0 Å². The number of aromatic nitrogens is 1. The van der Waals surface area contributed by atoms with Crippen LogP contribution in [0.1, 0.15) is 16.3 Å². The normalized spacial score (nSPS) is 10.5. The van der Waals surface area contributed by atoms with Crippen LogP contribution in [0.3, 0.4) is 0 Å². The van der Waals surface area contributed by atoms with E-state index in [1.54, 1.807) is 12.1 Å².